The summed E-state index contributed by atoms with van der Waals surface area (Å²) in [6.45, 7) is 7.48. The summed E-state index contributed by atoms with van der Waals surface area (Å²) in [5.74, 6) is -0.133. The molecule has 0 fully saturated rings. The standard InChI is InChI=1S/C23H28N2O5S/c1-15(26)30-20-10-9-16(11-19(20)23(2,3)4)22(28)25-17-7-6-8-18(12-17)31-13-21(27)24-14-29-5/h6-12H,13-14H2,1-5H3,(H,24,27)(H,25,28). The number of esters is 1. The second-order valence-electron chi connectivity index (χ2n) is 7.86. The normalized spacial score (nSPS) is 11.0. The Bertz CT molecular complexity index is 953. The zero-order valence-electron chi connectivity index (χ0n) is 18.4. The molecule has 0 aliphatic rings. The molecule has 7 nitrogen and oxygen atoms in total. The third kappa shape index (κ3) is 7.73. The smallest absolute Gasteiger partial charge is 0.308 e. The highest BCUT2D eigenvalue weighted by atomic mass is 32.2. The number of nitrogens with one attached hydrogen (secondary N) is 2. The third-order valence-corrected chi connectivity index (χ3v) is 5.17. The van der Waals surface area contributed by atoms with Gasteiger partial charge in [-0.25, -0.2) is 0 Å². The van der Waals surface area contributed by atoms with Crippen molar-refractivity contribution < 1.29 is 23.9 Å². The van der Waals surface area contributed by atoms with E-state index in [2.05, 4.69) is 10.6 Å². The summed E-state index contributed by atoms with van der Waals surface area (Å²) in [7, 11) is 1.51. The number of hydrogen-bond donors (Lipinski definition) is 2. The Morgan fingerprint density at radius 2 is 1.81 bits per heavy atom. The summed E-state index contributed by atoms with van der Waals surface area (Å²) in [5.41, 5.74) is 1.52. The van der Waals surface area contributed by atoms with Gasteiger partial charge in [0.05, 0.1) is 5.75 Å². The fraction of sp³-hybridized carbons (Fsp3) is 0.348. The highest BCUT2D eigenvalue weighted by Crippen LogP contribution is 2.32. The highest BCUT2D eigenvalue weighted by molar-refractivity contribution is 8.00. The number of benzene rings is 2. The van der Waals surface area contributed by atoms with Crippen LogP contribution in [0.4, 0.5) is 5.69 Å². The Labute approximate surface area is 186 Å². The van der Waals surface area contributed by atoms with Crippen molar-refractivity contribution >= 4 is 35.2 Å². The second-order valence-corrected chi connectivity index (χ2v) is 8.91. The van der Waals surface area contributed by atoms with Crippen molar-refractivity contribution in [1.29, 1.82) is 0 Å². The molecule has 0 aromatic heterocycles. The first-order valence-electron chi connectivity index (χ1n) is 9.73. The Morgan fingerprint density at radius 1 is 1.06 bits per heavy atom. The molecule has 2 amide bonds. The SMILES string of the molecule is COCNC(=O)CSc1cccc(NC(=O)c2ccc(OC(C)=O)c(C(C)(C)C)c2)c1. The molecule has 0 bridgehead atoms. The maximum Gasteiger partial charge on any atom is 0.308 e. The van der Waals surface area contributed by atoms with E-state index < -0.39 is 5.97 Å². The minimum atomic E-state index is -0.409. The molecule has 0 aliphatic heterocycles. The van der Waals surface area contributed by atoms with Crippen LogP contribution in [0.1, 0.15) is 43.6 Å². The number of amides is 2. The molecule has 0 saturated heterocycles. The quantitative estimate of drug-likeness (QED) is 0.277. The maximum atomic E-state index is 12.8. The molecule has 2 N–H and O–H groups in total. The lowest BCUT2D eigenvalue weighted by molar-refractivity contribution is -0.132. The summed E-state index contributed by atoms with van der Waals surface area (Å²) in [5, 5.41) is 5.50. The van der Waals surface area contributed by atoms with Crippen molar-refractivity contribution in [1.82, 2.24) is 5.32 Å². The van der Waals surface area contributed by atoms with Crippen molar-refractivity contribution in [2.45, 2.75) is 38.0 Å². The van der Waals surface area contributed by atoms with Gasteiger partial charge in [-0.2, -0.15) is 0 Å². The lowest BCUT2D eigenvalue weighted by Gasteiger charge is -2.22. The number of carbonyl (C=O) groups is 3. The van der Waals surface area contributed by atoms with Crippen LogP contribution in [-0.2, 0) is 19.7 Å². The number of anilines is 1. The van der Waals surface area contributed by atoms with Gasteiger partial charge < -0.3 is 20.1 Å². The summed E-state index contributed by atoms with van der Waals surface area (Å²) in [6.07, 6.45) is 0. The molecule has 0 spiro atoms. The van der Waals surface area contributed by atoms with Crippen LogP contribution in [0.2, 0.25) is 0 Å². The fourth-order valence-corrected chi connectivity index (χ4v) is 3.51. The van der Waals surface area contributed by atoms with Gasteiger partial charge in [0.2, 0.25) is 5.91 Å². The summed E-state index contributed by atoms with van der Waals surface area (Å²) >= 11 is 1.36. The van der Waals surface area contributed by atoms with Gasteiger partial charge in [-0.3, -0.25) is 14.4 Å². The topological polar surface area (TPSA) is 93.7 Å². The average molecular weight is 445 g/mol. The van der Waals surface area contributed by atoms with E-state index in [-0.39, 0.29) is 29.7 Å². The van der Waals surface area contributed by atoms with Crippen LogP contribution in [0, 0.1) is 0 Å². The molecule has 2 rings (SSSR count). The summed E-state index contributed by atoms with van der Waals surface area (Å²) in [4.78, 5) is 36.8. The van der Waals surface area contributed by atoms with E-state index in [0.717, 1.165) is 10.5 Å². The third-order valence-electron chi connectivity index (χ3n) is 4.18. The van der Waals surface area contributed by atoms with Gasteiger partial charge in [-0.15, -0.1) is 11.8 Å². The largest absolute Gasteiger partial charge is 0.426 e. The zero-order chi connectivity index (χ0) is 23.0. The van der Waals surface area contributed by atoms with Gasteiger partial charge in [0.1, 0.15) is 12.5 Å². The summed E-state index contributed by atoms with van der Waals surface area (Å²) in [6, 6.07) is 12.3. The Morgan fingerprint density at radius 3 is 2.45 bits per heavy atom. The first kappa shape index (κ1) is 24.4. The van der Waals surface area contributed by atoms with E-state index >= 15 is 0 Å². The van der Waals surface area contributed by atoms with E-state index in [1.807, 2.05) is 39.0 Å². The maximum absolute atomic E-state index is 12.8. The molecular weight excluding hydrogens is 416 g/mol. The lowest BCUT2D eigenvalue weighted by Crippen LogP contribution is -2.26. The monoisotopic (exact) mass is 444 g/mol. The van der Waals surface area contributed by atoms with Gasteiger partial charge >= 0.3 is 5.97 Å². The Balaban J connectivity index is 2.13. The molecular formula is C23H28N2O5S. The van der Waals surface area contributed by atoms with Crippen LogP contribution >= 0.6 is 11.8 Å². The van der Waals surface area contributed by atoms with Crippen molar-refractivity contribution in [3.63, 3.8) is 0 Å². The predicted octanol–water partition coefficient (Wildman–Crippen LogP) is 3.97. The van der Waals surface area contributed by atoms with Crippen LogP contribution < -0.4 is 15.4 Å². The van der Waals surface area contributed by atoms with Crippen molar-refractivity contribution in [2.75, 3.05) is 24.9 Å². The second kappa shape index (κ2) is 11.0. The Kier molecular flexibility index (Phi) is 8.65. The molecule has 2 aromatic carbocycles. The Hall–Kier alpha value is -2.84. The molecule has 0 saturated carbocycles. The number of rotatable bonds is 8. The molecule has 0 heterocycles. The molecule has 8 heteroatoms. The van der Waals surface area contributed by atoms with E-state index in [4.69, 9.17) is 9.47 Å². The first-order valence-corrected chi connectivity index (χ1v) is 10.7. The zero-order valence-corrected chi connectivity index (χ0v) is 19.2. The van der Waals surface area contributed by atoms with E-state index in [9.17, 15) is 14.4 Å². The number of thioether (sulfide) groups is 1. The molecule has 0 unspecified atom stereocenters. The highest BCUT2D eigenvalue weighted by Gasteiger charge is 2.22. The van der Waals surface area contributed by atoms with Crippen molar-refractivity contribution in [3.8, 4) is 5.75 Å². The number of hydrogen-bond acceptors (Lipinski definition) is 6. The van der Waals surface area contributed by atoms with E-state index in [1.165, 1.54) is 25.8 Å². The first-order chi connectivity index (χ1) is 14.6. The molecule has 31 heavy (non-hydrogen) atoms. The predicted molar refractivity (Wildman–Crippen MR) is 122 cm³/mol. The minimum Gasteiger partial charge on any atom is -0.426 e. The van der Waals surface area contributed by atoms with Crippen molar-refractivity contribution in [3.05, 3.63) is 53.6 Å². The lowest BCUT2D eigenvalue weighted by atomic mass is 9.85. The van der Waals surface area contributed by atoms with E-state index in [0.29, 0.717) is 17.0 Å². The van der Waals surface area contributed by atoms with Gasteiger partial charge in [-0.05, 0) is 41.8 Å². The van der Waals surface area contributed by atoms with Gasteiger partial charge in [0.15, 0.2) is 0 Å². The van der Waals surface area contributed by atoms with Crippen LogP contribution in [0.3, 0.4) is 0 Å². The van der Waals surface area contributed by atoms with Gasteiger partial charge in [0.25, 0.3) is 5.91 Å². The fourth-order valence-electron chi connectivity index (χ4n) is 2.72. The molecule has 0 radical (unpaired) electrons. The van der Waals surface area contributed by atoms with E-state index in [1.54, 1.807) is 24.3 Å². The van der Waals surface area contributed by atoms with Crippen LogP contribution in [-0.4, -0.2) is 37.4 Å². The summed E-state index contributed by atoms with van der Waals surface area (Å²) < 4.78 is 10.1. The van der Waals surface area contributed by atoms with Gasteiger partial charge in [-0.1, -0.05) is 26.8 Å². The minimum absolute atomic E-state index is 0.135. The molecule has 0 atom stereocenters. The molecule has 2 aromatic rings. The number of ether oxygens (including phenoxy) is 2. The molecule has 166 valence electrons. The van der Waals surface area contributed by atoms with Crippen LogP contribution in [0.25, 0.3) is 0 Å². The number of methoxy groups -OCH3 is 1. The van der Waals surface area contributed by atoms with Crippen LogP contribution in [0.5, 0.6) is 5.75 Å². The molecule has 0 aliphatic carbocycles. The average Bonchev–Trinajstić information content (AvgIpc) is 2.70. The van der Waals surface area contributed by atoms with Crippen molar-refractivity contribution in [2.24, 2.45) is 0 Å². The van der Waals surface area contributed by atoms with Crippen LogP contribution in [0.15, 0.2) is 47.4 Å². The number of carbonyl (C=O) groups excluding carboxylic acids is 3. The van der Waals surface area contributed by atoms with Gasteiger partial charge in [0, 0.05) is 35.7 Å².